The van der Waals surface area contributed by atoms with Crippen LogP contribution in [-0.2, 0) is 27.7 Å². The lowest BCUT2D eigenvalue weighted by Crippen LogP contribution is -2.49. The Morgan fingerprint density at radius 3 is 1.43 bits per heavy atom. The lowest BCUT2D eigenvalue weighted by atomic mass is 10.2. The van der Waals surface area contributed by atoms with Gasteiger partial charge >= 0.3 is 8.80 Å². The van der Waals surface area contributed by atoms with Gasteiger partial charge in [0.2, 0.25) is 29.1 Å². The SMILES string of the molecule is CC(=O)O[Si](CCCOc1c(F)c(F)c(F)c(F)c1F)(OC(C)=O)OC(C)=O. The van der Waals surface area contributed by atoms with Crippen LogP contribution in [0.5, 0.6) is 5.75 Å². The molecule has 0 N–H and O–H groups in total. The molecule has 0 atom stereocenters. The van der Waals surface area contributed by atoms with Crippen LogP contribution in [0.15, 0.2) is 0 Å². The fourth-order valence-electron chi connectivity index (χ4n) is 2.05. The van der Waals surface area contributed by atoms with Crippen LogP contribution in [0.1, 0.15) is 27.2 Å². The largest absolute Gasteiger partial charge is 0.705 e. The first-order valence-corrected chi connectivity index (χ1v) is 9.56. The van der Waals surface area contributed by atoms with Gasteiger partial charge in [-0.05, 0) is 6.42 Å². The molecule has 0 bridgehead atoms. The number of rotatable bonds is 8. The van der Waals surface area contributed by atoms with E-state index in [9.17, 15) is 36.3 Å². The fourth-order valence-corrected chi connectivity index (χ4v) is 4.37. The lowest BCUT2D eigenvalue weighted by molar-refractivity contribution is -0.147. The van der Waals surface area contributed by atoms with Crippen molar-refractivity contribution in [3.63, 3.8) is 0 Å². The second-order valence-corrected chi connectivity index (χ2v) is 7.79. The van der Waals surface area contributed by atoms with E-state index in [1.807, 2.05) is 0 Å². The van der Waals surface area contributed by atoms with Crippen LogP contribution < -0.4 is 4.74 Å². The van der Waals surface area contributed by atoms with Gasteiger partial charge in [0.05, 0.1) is 12.7 Å². The van der Waals surface area contributed by atoms with Gasteiger partial charge in [-0.15, -0.1) is 0 Å². The second kappa shape index (κ2) is 9.48. The third-order valence-electron chi connectivity index (χ3n) is 2.94. The molecule has 0 aliphatic rings. The quantitative estimate of drug-likeness (QED) is 0.206. The van der Waals surface area contributed by atoms with Gasteiger partial charge in [-0.2, -0.15) is 8.78 Å². The minimum absolute atomic E-state index is 0.292. The topological polar surface area (TPSA) is 88.1 Å². The number of benzene rings is 1. The van der Waals surface area contributed by atoms with Gasteiger partial charge in [0.15, 0.2) is 5.75 Å². The van der Waals surface area contributed by atoms with Crippen LogP contribution in [0.3, 0.4) is 0 Å². The highest BCUT2D eigenvalue weighted by molar-refractivity contribution is 6.65. The summed E-state index contributed by atoms with van der Waals surface area (Å²) in [5.41, 5.74) is 0. The van der Waals surface area contributed by atoms with Crippen LogP contribution in [0, 0.1) is 29.1 Å². The number of halogens is 5. The van der Waals surface area contributed by atoms with Crippen molar-refractivity contribution in [2.24, 2.45) is 0 Å². The summed E-state index contributed by atoms with van der Waals surface area (Å²) in [5, 5.41) is 0. The van der Waals surface area contributed by atoms with Crippen LogP contribution in [0.2, 0.25) is 6.04 Å². The summed E-state index contributed by atoms with van der Waals surface area (Å²) in [5.74, 6) is -15.3. The molecule has 28 heavy (non-hydrogen) atoms. The van der Waals surface area contributed by atoms with Crippen molar-refractivity contribution < 1.29 is 54.4 Å². The highest BCUT2D eigenvalue weighted by Gasteiger charge is 2.51. The molecule has 0 heterocycles. The molecule has 1 rings (SSSR count). The first kappa shape index (κ1) is 23.3. The van der Waals surface area contributed by atoms with Gasteiger partial charge in [0.25, 0.3) is 17.9 Å². The minimum atomic E-state index is -4.21. The van der Waals surface area contributed by atoms with Crippen LogP contribution >= 0.6 is 0 Å². The predicted octanol–water partition coefficient (Wildman–Crippen LogP) is 2.78. The number of hydrogen-bond acceptors (Lipinski definition) is 7. The average molecular weight is 430 g/mol. The van der Waals surface area contributed by atoms with E-state index < -0.39 is 74.2 Å². The Bertz CT molecular complexity index is 717. The van der Waals surface area contributed by atoms with Crippen LogP contribution in [-0.4, -0.2) is 33.3 Å². The molecule has 0 saturated heterocycles. The normalized spacial score (nSPS) is 11.0. The maximum atomic E-state index is 13.5. The third-order valence-corrected chi connectivity index (χ3v) is 5.70. The molecule has 156 valence electrons. The number of carbonyl (C=O) groups is 3. The first-order chi connectivity index (χ1) is 12.9. The van der Waals surface area contributed by atoms with Crippen molar-refractivity contribution in [1.82, 2.24) is 0 Å². The van der Waals surface area contributed by atoms with E-state index in [-0.39, 0.29) is 6.42 Å². The summed E-state index contributed by atoms with van der Waals surface area (Å²) in [6.45, 7) is 2.23. The Morgan fingerprint density at radius 1 is 0.714 bits per heavy atom. The second-order valence-electron chi connectivity index (χ2n) is 5.31. The van der Waals surface area contributed by atoms with Crippen molar-refractivity contribution >= 4 is 26.7 Å². The molecule has 0 aliphatic carbocycles. The van der Waals surface area contributed by atoms with Gasteiger partial charge < -0.3 is 18.0 Å². The van der Waals surface area contributed by atoms with Crippen molar-refractivity contribution in [2.45, 2.75) is 33.2 Å². The van der Waals surface area contributed by atoms with E-state index in [0.717, 1.165) is 20.8 Å². The number of hydrogen-bond donors (Lipinski definition) is 0. The molecule has 1 aromatic carbocycles. The van der Waals surface area contributed by atoms with Crippen LogP contribution in [0.4, 0.5) is 22.0 Å². The monoisotopic (exact) mass is 430 g/mol. The highest BCUT2D eigenvalue weighted by atomic mass is 28.4. The number of ether oxygens (including phenoxy) is 1. The molecule has 7 nitrogen and oxygen atoms in total. The zero-order chi connectivity index (χ0) is 21.6. The standard InChI is InChI=1S/C15H15F5O7Si/c1-7(21)25-28(26-8(2)22,27-9(3)23)6-4-5-24-15-13(19)11(17)10(16)12(18)14(15)20/h4-6H2,1-3H3. The highest BCUT2D eigenvalue weighted by Crippen LogP contribution is 2.29. The molecule has 0 aromatic heterocycles. The van der Waals surface area contributed by atoms with Crippen LogP contribution in [0.25, 0.3) is 0 Å². The molecule has 1 aromatic rings. The Balaban J connectivity index is 2.94. The Hall–Kier alpha value is -2.70. The molecular weight excluding hydrogens is 415 g/mol. The summed E-state index contributed by atoms with van der Waals surface area (Å²) >= 11 is 0. The molecule has 0 unspecified atom stereocenters. The molecular formula is C15H15F5O7Si. The summed E-state index contributed by atoms with van der Waals surface area (Å²) in [4.78, 5) is 33.8. The van der Waals surface area contributed by atoms with E-state index in [2.05, 4.69) is 4.74 Å². The van der Waals surface area contributed by atoms with Gasteiger partial charge in [0.1, 0.15) is 0 Å². The summed E-state index contributed by atoms with van der Waals surface area (Å²) in [7, 11) is -4.21. The summed E-state index contributed by atoms with van der Waals surface area (Å²) in [6.07, 6.45) is -0.292. The van der Waals surface area contributed by atoms with E-state index in [4.69, 9.17) is 13.3 Å². The zero-order valence-electron chi connectivity index (χ0n) is 14.9. The molecule has 0 aliphatic heterocycles. The van der Waals surface area contributed by atoms with E-state index >= 15 is 0 Å². The van der Waals surface area contributed by atoms with Gasteiger partial charge in [-0.3, -0.25) is 14.4 Å². The molecule has 0 radical (unpaired) electrons. The lowest BCUT2D eigenvalue weighted by Gasteiger charge is -2.26. The Labute approximate surface area is 156 Å². The van der Waals surface area contributed by atoms with E-state index in [1.54, 1.807) is 0 Å². The Morgan fingerprint density at radius 2 is 1.07 bits per heavy atom. The number of carbonyl (C=O) groups excluding carboxylic acids is 3. The maximum Gasteiger partial charge on any atom is 0.705 e. The molecule has 13 heteroatoms. The molecule has 0 fully saturated rings. The minimum Gasteiger partial charge on any atom is -0.487 e. The van der Waals surface area contributed by atoms with Crippen molar-refractivity contribution in [3.05, 3.63) is 29.1 Å². The van der Waals surface area contributed by atoms with Gasteiger partial charge in [0, 0.05) is 20.8 Å². The first-order valence-electron chi connectivity index (χ1n) is 7.63. The summed E-state index contributed by atoms with van der Waals surface area (Å²) < 4.78 is 85.5. The molecule has 0 spiro atoms. The van der Waals surface area contributed by atoms with Gasteiger partial charge in [-0.25, -0.2) is 13.2 Å². The third kappa shape index (κ3) is 5.90. The average Bonchev–Trinajstić information content (AvgIpc) is 2.55. The summed E-state index contributed by atoms with van der Waals surface area (Å²) in [6, 6.07) is -0.416. The van der Waals surface area contributed by atoms with E-state index in [0.29, 0.717) is 0 Å². The Kier molecular flexibility index (Phi) is 7.90. The predicted molar refractivity (Wildman–Crippen MR) is 82.2 cm³/mol. The fraction of sp³-hybridized carbons (Fsp3) is 0.400. The molecule has 0 amide bonds. The van der Waals surface area contributed by atoms with E-state index in [1.165, 1.54) is 0 Å². The van der Waals surface area contributed by atoms with Gasteiger partial charge in [-0.1, -0.05) is 0 Å². The maximum absolute atomic E-state index is 13.5. The van der Waals surface area contributed by atoms with Crippen molar-refractivity contribution in [1.29, 1.82) is 0 Å². The zero-order valence-corrected chi connectivity index (χ0v) is 15.9. The van der Waals surface area contributed by atoms with Crippen molar-refractivity contribution in [3.8, 4) is 5.75 Å². The smallest absolute Gasteiger partial charge is 0.487 e. The van der Waals surface area contributed by atoms with Crippen molar-refractivity contribution in [2.75, 3.05) is 6.61 Å². The molecule has 0 saturated carbocycles.